The maximum Gasteiger partial charge on any atom is 0.337 e. The van der Waals surface area contributed by atoms with Crippen LogP contribution in [0.1, 0.15) is 15.9 Å². The number of amides is 2. The molecular weight excluding hydrogens is 264 g/mol. The van der Waals surface area contributed by atoms with E-state index in [1.165, 1.54) is 4.90 Å². The average Bonchev–Trinajstić information content (AvgIpc) is 2.37. The van der Waals surface area contributed by atoms with Gasteiger partial charge in [0.15, 0.2) is 0 Å². The quantitative estimate of drug-likeness (QED) is 0.870. The Bertz CT molecular complexity index is 477. The van der Waals surface area contributed by atoms with Crippen molar-refractivity contribution in [3.63, 3.8) is 0 Å². The normalized spacial score (nSPS) is 10.1. The number of benzene rings is 1. The zero-order valence-corrected chi connectivity index (χ0v) is 12.1. The second-order valence-corrected chi connectivity index (χ2v) is 5.18. The molecule has 0 aliphatic rings. The molecule has 0 aliphatic carbocycles. The van der Waals surface area contributed by atoms with Crippen LogP contribution in [0.3, 0.4) is 0 Å². The van der Waals surface area contributed by atoms with Gasteiger partial charge in [-0.2, -0.15) is 11.8 Å². The summed E-state index contributed by atoms with van der Waals surface area (Å²) < 4.78 is 0. The molecule has 2 amide bonds. The molecule has 0 bridgehead atoms. The second kappa shape index (κ2) is 7.04. The third-order valence-corrected chi connectivity index (χ3v) is 3.22. The first-order valence-corrected chi connectivity index (χ1v) is 7.20. The van der Waals surface area contributed by atoms with Gasteiger partial charge in [0, 0.05) is 19.3 Å². The third-order valence-electron chi connectivity index (χ3n) is 2.62. The molecule has 0 saturated carbocycles. The van der Waals surface area contributed by atoms with Crippen molar-refractivity contribution in [2.45, 2.75) is 6.92 Å². The Morgan fingerprint density at radius 3 is 2.68 bits per heavy atom. The van der Waals surface area contributed by atoms with Crippen LogP contribution in [0.25, 0.3) is 0 Å². The number of carbonyl (C=O) groups excluding carboxylic acids is 1. The Balaban J connectivity index is 2.81. The van der Waals surface area contributed by atoms with Crippen molar-refractivity contribution in [1.29, 1.82) is 0 Å². The molecule has 1 aromatic carbocycles. The summed E-state index contributed by atoms with van der Waals surface area (Å²) in [5, 5.41) is 11.7. The number of carbonyl (C=O) groups is 2. The topological polar surface area (TPSA) is 69.6 Å². The van der Waals surface area contributed by atoms with Crippen LogP contribution in [0.5, 0.6) is 0 Å². The van der Waals surface area contributed by atoms with Gasteiger partial charge < -0.3 is 15.3 Å². The summed E-state index contributed by atoms with van der Waals surface area (Å²) in [6, 6.07) is 4.61. The lowest BCUT2D eigenvalue weighted by molar-refractivity contribution is 0.0698. The van der Waals surface area contributed by atoms with Gasteiger partial charge in [-0.1, -0.05) is 11.6 Å². The minimum atomic E-state index is -1.05. The highest BCUT2D eigenvalue weighted by Crippen LogP contribution is 2.17. The first-order valence-electron chi connectivity index (χ1n) is 5.80. The summed E-state index contributed by atoms with van der Waals surface area (Å²) in [5.74, 6) is -0.213. The zero-order valence-electron chi connectivity index (χ0n) is 11.3. The lowest BCUT2D eigenvalue weighted by Gasteiger charge is -2.18. The molecule has 0 spiro atoms. The van der Waals surface area contributed by atoms with Crippen molar-refractivity contribution in [2.24, 2.45) is 0 Å². The highest BCUT2D eigenvalue weighted by Gasteiger charge is 2.14. The van der Waals surface area contributed by atoms with E-state index in [2.05, 4.69) is 5.32 Å². The number of hydrogen-bond donors (Lipinski definition) is 2. The van der Waals surface area contributed by atoms with Gasteiger partial charge in [0.25, 0.3) is 0 Å². The molecule has 104 valence electrons. The summed E-state index contributed by atoms with van der Waals surface area (Å²) in [5.41, 5.74) is 1.26. The average molecular weight is 282 g/mol. The minimum absolute atomic E-state index is 0.103. The van der Waals surface area contributed by atoms with E-state index in [9.17, 15) is 9.59 Å². The summed E-state index contributed by atoms with van der Waals surface area (Å²) in [6.45, 7) is 2.42. The molecule has 19 heavy (non-hydrogen) atoms. The van der Waals surface area contributed by atoms with E-state index < -0.39 is 5.97 Å². The van der Waals surface area contributed by atoms with Crippen LogP contribution < -0.4 is 5.32 Å². The van der Waals surface area contributed by atoms with E-state index in [1.807, 2.05) is 13.2 Å². The van der Waals surface area contributed by atoms with Gasteiger partial charge in [-0.05, 0) is 25.3 Å². The number of aryl methyl sites for hydroxylation is 1. The van der Waals surface area contributed by atoms with Crippen molar-refractivity contribution >= 4 is 29.4 Å². The van der Waals surface area contributed by atoms with E-state index in [-0.39, 0.29) is 11.6 Å². The third kappa shape index (κ3) is 4.48. The summed E-state index contributed by atoms with van der Waals surface area (Å²) in [4.78, 5) is 24.5. The largest absolute Gasteiger partial charge is 0.478 e. The highest BCUT2D eigenvalue weighted by molar-refractivity contribution is 7.98. The fourth-order valence-electron chi connectivity index (χ4n) is 1.48. The van der Waals surface area contributed by atoms with Crippen LogP contribution >= 0.6 is 11.8 Å². The molecule has 1 aromatic rings. The van der Waals surface area contributed by atoms with E-state index in [1.54, 1.807) is 37.0 Å². The van der Waals surface area contributed by atoms with Gasteiger partial charge in [0.05, 0.1) is 11.3 Å². The maximum atomic E-state index is 11.9. The summed E-state index contributed by atoms with van der Waals surface area (Å²) >= 11 is 1.65. The van der Waals surface area contributed by atoms with E-state index >= 15 is 0 Å². The van der Waals surface area contributed by atoms with Gasteiger partial charge >= 0.3 is 12.0 Å². The molecule has 0 unspecified atom stereocenters. The number of urea groups is 1. The molecule has 0 fully saturated rings. The molecular formula is C13H18N2O3S. The number of anilines is 1. The van der Waals surface area contributed by atoms with Crippen LogP contribution in [0.2, 0.25) is 0 Å². The lowest BCUT2D eigenvalue weighted by atomic mass is 10.1. The molecule has 0 atom stereocenters. The second-order valence-electron chi connectivity index (χ2n) is 4.20. The summed E-state index contributed by atoms with van der Waals surface area (Å²) in [7, 11) is 1.68. The Morgan fingerprint density at radius 1 is 1.42 bits per heavy atom. The number of aromatic carboxylic acids is 1. The minimum Gasteiger partial charge on any atom is -0.478 e. The smallest absolute Gasteiger partial charge is 0.337 e. The predicted octanol–water partition coefficient (Wildman–Crippen LogP) is 2.52. The van der Waals surface area contributed by atoms with Crippen molar-refractivity contribution in [3.05, 3.63) is 29.3 Å². The molecule has 6 heteroatoms. The van der Waals surface area contributed by atoms with Gasteiger partial charge in [-0.15, -0.1) is 0 Å². The highest BCUT2D eigenvalue weighted by atomic mass is 32.2. The Hall–Kier alpha value is -1.69. The number of rotatable bonds is 5. The first-order chi connectivity index (χ1) is 8.95. The molecule has 0 heterocycles. The molecule has 1 rings (SSSR count). The number of thioether (sulfide) groups is 1. The van der Waals surface area contributed by atoms with Crippen molar-refractivity contribution in [1.82, 2.24) is 4.90 Å². The molecule has 0 saturated heterocycles. The predicted molar refractivity (Wildman–Crippen MR) is 78.2 cm³/mol. The standard InChI is InChI=1S/C13H18N2O3S/c1-9-4-5-11(10(8-9)12(16)17)14-13(18)15(2)6-7-19-3/h4-5,8H,6-7H2,1-3H3,(H,14,18)(H,16,17). The van der Waals surface area contributed by atoms with Crippen LogP contribution in [-0.4, -0.2) is 47.6 Å². The van der Waals surface area contributed by atoms with Gasteiger partial charge in [0.1, 0.15) is 0 Å². The Kier molecular flexibility index (Phi) is 5.69. The van der Waals surface area contributed by atoms with Crippen LogP contribution in [-0.2, 0) is 0 Å². The zero-order chi connectivity index (χ0) is 14.4. The molecule has 0 aliphatic heterocycles. The number of carboxylic acids is 1. The van der Waals surface area contributed by atoms with Crippen molar-refractivity contribution < 1.29 is 14.7 Å². The van der Waals surface area contributed by atoms with Crippen LogP contribution in [0, 0.1) is 6.92 Å². The van der Waals surface area contributed by atoms with E-state index in [0.717, 1.165) is 11.3 Å². The van der Waals surface area contributed by atoms with Gasteiger partial charge in [-0.3, -0.25) is 0 Å². The lowest BCUT2D eigenvalue weighted by Crippen LogP contribution is -2.33. The molecule has 0 aromatic heterocycles. The number of nitrogens with one attached hydrogen (secondary N) is 1. The maximum absolute atomic E-state index is 11.9. The van der Waals surface area contributed by atoms with Crippen molar-refractivity contribution in [2.75, 3.05) is 30.9 Å². The molecule has 0 radical (unpaired) electrons. The Labute approximate surface area is 117 Å². The monoisotopic (exact) mass is 282 g/mol. The first kappa shape index (κ1) is 15.4. The Morgan fingerprint density at radius 2 is 2.11 bits per heavy atom. The van der Waals surface area contributed by atoms with Gasteiger partial charge in [-0.25, -0.2) is 9.59 Å². The SMILES string of the molecule is CSCCN(C)C(=O)Nc1ccc(C)cc1C(=O)O. The van der Waals surface area contributed by atoms with Crippen LogP contribution in [0.4, 0.5) is 10.5 Å². The number of hydrogen-bond acceptors (Lipinski definition) is 3. The molecule has 5 nitrogen and oxygen atoms in total. The fraction of sp³-hybridized carbons (Fsp3) is 0.385. The summed E-state index contributed by atoms with van der Waals surface area (Å²) in [6.07, 6.45) is 1.97. The van der Waals surface area contributed by atoms with Crippen molar-refractivity contribution in [3.8, 4) is 0 Å². The molecule has 2 N–H and O–H groups in total. The van der Waals surface area contributed by atoms with Gasteiger partial charge in [0.2, 0.25) is 0 Å². The van der Waals surface area contributed by atoms with E-state index in [0.29, 0.717) is 12.2 Å². The fourth-order valence-corrected chi connectivity index (χ4v) is 1.94. The number of nitrogens with zero attached hydrogens (tertiary/aromatic N) is 1. The van der Waals surface area contributed by atoms with E-state index in [4.69, 9.17) is 5.11 Å². The van der Waals surface area contributed by atoms with Crippen LogP contribution in [0.15, 0.2) is 18.2 Å². The number of carboxylic acid groups (broad SMARTS) is 1.